The van der Waals surface area contributed by atoms with Crippen molar-refractivity contribution >= 4 is 11.9 Å². The van der Waals surface area contributed by atoms with Gasteiger partial charge in [0.25, 0.3) is 5.91 Å². The largest absolute Gasteiger partial charge is 0.351 e. The number of hydrogen-bond donors (Lipinski definition) is 2. The summed E-state index contributed by atoms with van der Waals surface area (Å²) in [5.41, 5.74) is 7.25. The van der Waals surface area contributed by atoms with E-state index in [9.17, 15) is 9.59 Å². The summed E-state index contributed by atoms with van der Waals surface area (Å²) >= 11 is 0. The van der Waals surface area contributed by atoms with Crippen LogP contribution in [0.4, 0.5) is 4.79 Å². The molecule has 1 aliphatic carbocycles. The molecule has 3 rings (SSSR count). The quantitative estimate of drug-likeness (QED) is 0.890. The topological polar surface area (TPSA) is 75.4 Å². The molecule has 1 atom stereocenters. The van der Waals surface area contributed by atoms with E-state index in [0.29, 0.717) is 24.6 Å². The van der Waals surface area contributed by atoms with Crippen LogP contribution in [0.2, 0.25) is 0 Å². The Labute approximate surface area is 124 Å². The summed E-state index contributed by atoms with van der Waals surface area (Å²) in [4.78, 5) is 24.8. The second-order valence-corrected chi connectivity index (χ2v) is 5.99. The lowest BCUT2D eigenvalue weighted by Gasteiger charge is -2.25. The van der Waals surface area contributed by atoms with Gasteiger partial charge in [-0.05, 0) is 42.9 Å². The molecule has 1 aromatic rings. The van der Waals surface area contributed by atoms with Crippen LogP contribution in [0.1, 0.15) is 47.5 Å². The highest BCUT2D eigenvalue weighted by atomic mass is 16.2. The average molecular weight is 287 g/mol. The first-order valence-electron chi connectivity index (χ1n) is 7.58. The minimum absolute atomic E-state index is 0.00342. The van der Waals surface area contributed by atoms with Gasteiger partial charge in [-0.2, -0.15) is 0 Å². The maximum Gasteiger partial charge on any atom is 0.314 e. The molecule has 5 nitrogen and oxygen atoms in total. The van der Waals surface area contributed by atoms with Crippen LogP contribution in [0.15, 0.2) is 24.3 Å². The van der Waals surface area contributed by atoms with E-state index < -0.39 is 6.03 Å². The van der Waals surface area contributed by atoms with Crippen molar-refractivity contribution in [3.8, 4) is 0 Å². The minimum Gasteiger partial charge on any atom is -0.351 e. The Kier molecular flexibility index (Phi) is 3.82. The number of primary amides is 1. The molecule has 3 N–H and O–H groups in total. The summed E-state index contributed by atoms with van der Waals surface area (Å²) in [7, 11) is 0. The van der Waals surface area contributed by atoms with Gasteiger partial charge < -0.3 is 16.0 Å². The van der Waals surface area contributed by atoms with Gasteiger partial charge in [0.15, 0.2) is 0 Å². The molecule has 0 spiro atoms. The second kappa shape index (κ2) is 5.76. The van der Waals surface area contributed by atoms with E-state index in [4.69, 9.17) is 5.73 Å². The van der Waals surface area contributed by atoms with Crippen molar-refractivity contribution in [2.75, 3.05) is 13.1 Å². The van der Waals surface area contributed by atoms with E-state index in [2.05, 4.69) is 17.4 Å². The van der Waals surface area contributed by atoms with Gasteiger partial charge in [-0.15, -0.1) is 0 Å². The highest BCUT2D eigenvalue weighted by Gasteiger charge is 2.26. The van der Waals surface area contributed by atoms with E-state index >= 15 is 0 Å². The fourth-order valence-corrected chi connectivity index (χ4v) is 3.00. The van der Waals surface area contributed by atoms with Gasteiger partial charge in [0.1, 0.15) is 0 Å². The van der Waals surface area contributed by atoms with Crippen molar-refractivity contribution in [2.45, 2.75) is 37.6 Å². The first kappa shape index (κ1) is 13.9. The number of hydrogen-bond acceptors (Lipinski definition) is 2. The zero-order valence-corrected chi connectivity index (χ0v) is 12.0. The number of urea groups is 1. The number of carbonyl (C=O) groups excluding carboxylic acids is 2. The fraction of sp³-hybridized carbons (Fsp3) is 0.500. The highest BCUT2D eigenvalue weighted by molar-refractivity contribution is 5.94. The summed E-state index contributed by atoms with van der Waals surface area (Å²) in [5.74, 6) is 0.604. The number of likely N-dealkylation sites (tertiary alicyclic amines) is 1. The van der Waals surface area contributed by atoms with Crippen LogP contribution in [0, 0.1) is 0 Å². The minimum atomic E-state index is -0.420. The van der Waals surface area contributed by atoms with Crippen molar-refractivity contribution in [2.24, 2.45) is 5.73 Å². The van der Waals surface area contributed by atoms with Crippen molar-refractivity contribution < 1.29 is 9.59 Å². The van der Waals surface area contributed by atoms with Gasteiger partial charge >= 0.3 is 6.03 Å². The summed E-state index contributed by atoms with van der Waals surface area (Å²) in [5, 5.41) is 2.97. The van der Waals surface area contributed by atoms with E-state index in [-0.39, 0.29) is 11.9 Å². The van der Waals surface area contributed by atoms with Crippen molar-refractivity contribution in [1.82, 2.24) is 10.2 Å². The fourth-order valence-electron chi connectivity index (χ4n) is 3.00. The Hall–Kier alpha value is -2.04. The second-order valence-electron chi connectivity index (χ2n) is 5.99. The maximum absolute atomic E-state index is 12.2. The molecular weight excluding hydrogens is 266 g/mol. The van der Waals surface area contributed by atoms with Crippen molar-refractivity contribution in [1.29, 1.82) is 0 Å². The van der Waals surface area contributed by atoms with Crippen LogP contribution in [0.3, 0.4) is 0 Å². The molecule has 0 aromatic heterocycles. The van der Waals surface area contributed by atoms with E-state index in [0.717, 1.165) is 6.42 Å². The molecular formula is C16H21N3O2. The highest BCUT2D eigenvalue weighted by Crippen LogP contribution is 2.36. The third kappa shape index (κ3) is 3.01. The van der Waals surface area contributed by atoms with Crippen LogP contribution < -0.4 is 11.1 Å². The molecule has 1 aromatic carbocycles. The molecule has 2 aliphatic rings. The molecule has 2 fully saturated rings. The van der Waals surface area contributed by atoms with Gasteiger partial charge in [-0.25, -0.2) is 4.79 Å². The number of nitrogens with two attached hydrogens (primary N) is 1. The van der Waals surface area contributed by atoms with Crippen LogP contribution in [-0.4, -0.2) is 36.0 Å². The molecule has 0 bridgehead atoms. The predicted molar refractivity (Wildman–Crippen MR) is 80.1 cm³/mol. The Morgan fingerprint density at radius 3 is 2.38 bits per heavy atom. The normalized spacial score (nSPS) is 21.9. The molecule has 5 heteroatoms. The number of amides is 3. The van der Waals surface area contributed by atoms with Crippen LogP contribution in [0.5, 0.6) is 0 Å². The Morgan fingerprint density at radius 1 is 1.14 bits per heavy atom. The number of carbonyl (C=O) groups is 2. The van der Waals surface area contributed by atoms with Gasteiger partial charge in [-0.1, -0.05) is 18.6 Å². The smallest absolute Gasteiger partial charge is 0.314 e. The molecule has 1 saturated carbocycles. The molecule has 21 heavy (non-hydrogen) atoms. The van der Waals surface area contributed by atoms with E-state index in [1.807, 2.05) is 12.1 Å². The Bertz CT molecular complexity index is 537. The Balaban J connectivity index is 1.56. The number of nitrogens with one attached hydrogen (secondary N) is 1. The number of benzene rings is 1. The zero-order valence-electron chi connectivity index (χ0n) is 12.0. The summed E-state index contributed by atoms with van der Waals surface area (Å²) < 4.78 is 0. The molecule has 0 unspecified atom stereocenters. The van der Waals surface area contributed by atoms with Gasteiger partial charge in [-0.3, -0.25) is 4.79 Å². The maximum atomic E-state index is 12.2. The lowest BCUT2D eigenvalue weighted by molar-refractivity contribution is 0.0938. The number of rotatable bonds is 3. The molecule has 1 heterocycles. The van der Waals surface area contributed by atoms with Crippen molar-refractivity contribution in [3.05, 3.63) is 35.4 Å². The van der Waals surface area contributed by atoms with Crippen LogP contribution in [0.25, 0.3) is 0 Å². The van der Waals surface area contributed by atoms with Gasteiger partial charge in [0, 0.05) is 24.7 Å². The molecule has 3 amide bonds. The van der Waals surface area contributed by atoms with Crippen LogP contribution >= 0.6 is 0 Å². The zero-order chi connectivity index (χ0) is 14.8. The SMILES string of the molecule is NC(=O)N1CC[C@H](NC(=O)c2ccc(C3CCC3)cc2)C1. The van der Waals surface area contributed by atoms with Gasteiger partial charge in [0.2, 0.25) is 0 Å². The first-order chi connectivity index (χ1) is 10.1. The monoisotopic (exact) mass is 287 g/mol. The Morgan fingerprint density at radius 2 is 1.86 bits per heavy atom. The van der Waals surface area contributed by atoms with Crippen LogP contribution in [-0.2, 0) is 0 Å². The molecule has 1 saturated heterocycles. The lowest BCUT2D eigenvalue weighted by atomic mass is 9.80. The first-order valence-corrected chi connectivity index (χ1v) is 7.58. The standard InChI is InChI=1S/C16H21N3O2/c17-16(21)19-9-8-14(10-19)18-15(20)13-6-4-12(5-7-13)11-2-1-3-11/h4-7,11,14H,1-3,8-10H2,(H2,17,21)(H,18,20)/t14-/m0/s1. The predicted octanol–water partition coefficient (Wildman–Crippen LogP) is 1.84. The third-order valence-corrected chi connectivity index (χ3v) is 4.58. The van der Waals surface area contributed by atoms with E-state index in [1.54, 1.807) is 4.90 Å². The summed E-state index contributed by atoms with van der Waals surface area (Å²) in [6.07, 6.45) is 4.59. The molecule has 112 valence electrons. The molecule has 0 radical (unpaired) electrons. The number of nitrogens with zero attached hydrogens (tertiary/aromatic N) is 1. The molecule has 1 aliphatic heterocycles. The van der Waals surface area contributed by atoms with E-state index in [1.165, 1.54) is 24.8 Å². The summed E-state index contributed by atoms with van der Waals surface area (Å²) in [6.45, 7) is 1.11. The average Bonchev–Trinajstić information content (AvgIpc) is 2.86. The van der Waals surface area contributed by atoms with Gasteiger partial charge in [0.05, 0.1) is 0 Å². The lowest BCUT2D eigenvalue weighted by Crippen LogP contribution is -2.40. The summed E-state index contributed by atoms with van der Waals surface area (Å²) in [6, 6.07) is 7.48. The van der Waals surface area contributed by atoms with Crippen molar-refractivity contribution in [3.63, 3.8) is 0 Å². The third-order valence-electron chi connectivity index (χ3n) is 4.58.